The fourth-order valence-corrected chi connectivity index (χ4v) is 6.91. The molecule has 4 aromatic rings. The second-order valence-corrected chi connectivity index (χ2v) is 10.4. The van der Waals surface area contributed by atoms with E-state index in [0.29, 0.717) is 16.1 Å². The van der Waals surface area contributed by atoms with Crippen molar-refractivity contribution in [3.63, 3.8) is 0 Å². The smallest absolute Gasteiger partial charge is 0.180 e. The van der Waals surface area contributed by atoms with E-state index in [1.807, 2.05) is 53.5 Å². The third-order valence-corrected chi connectivity index (χ3v) is 8.43. The molecule has 0 N–H and O–H groups in total. The first-order chi connectivity index (χ1) is 17.9. The zero-order valence-corrected chi connectivity index (χ0v) is 20.6. The van der Waals surface area contributed by atoms with Gasteiger partial charge in [-0.05, 0) is 36.2 Å². The molecule has 0 amide bonds. The van der Waals surface area contributed by atoms with Crippen LogP contribution in [0.3, 0.4) is 0 Å². The Hall–Kier alpha value is -4.09. The number of fused-ring (bicyclic) bond motifs is 7. The summed E-state index contributed by atoms with van der Waals surface area (Å²) in [5, 5.41) is 1.47. The fourth-order valence-electron chi connectivity index (χ4n) is 6.78. The number of anilines is 1. The summed E-state index contributed by atoms with van der Waals surface area (Å²) in [7, 11) is 0. The van der Waals surface area contributed by atoms with Crippen molar-refractivity contribution in [2.75, 3.05) is 4.90 Å². The minimum absolute atomic E-state index is 0.118. The molecule has 7 rings (SSSR count). The van der Waals surface area contributed by atoms with E-state index in [1.165, 1.54) is 6.92 Å². The summed E-state index contributed by atoms with van der Waals surface area (Å²) in [5.74, 6) is -1.32. The van der Waals surface area contributed by atoms with Gasteiger partial charge in [0.2, 0.25) is 0 Å². The van der Waals surface area contributed by atoms with Crippen molar-refractivity contribution in [3.05, 3.63) is 112 Å². The van der Waals surface area contributed by atoms with Crippen molar-refractivity contribution in [3.8, 4) is 0 Å². The van der Waals surface area contributed by atoms with Crippen LogP contribution in [-0.2, 0) is 4.79 Å². The van der Waals surface area contributed by atoms with Crippen LogP contribution in [0, 0.1) is 5.41 Å². The van der Waals surface area contributed by atoms with Crippen LogP contribution >= 0.6 is 11.6 Å². The number of hydrogen-bond donors (Lipinski definition) is 0. The lowest BCUT2D eigenvalue weighted by molar-refractivity contribution is -0.118. The van der Waals surface area contributed by atoms with E-state index in [2.05, 4.69) is 4.98 Å². The minimum Gasteiger partial charge on any atom is -0.351 e. The topological polar surface area (TPSA) is 67.3 Å². The Kier molecular flexibility index (Phi) is 4.61. The number of benzene rings is 3. The Balaban J connectivity index is 1.58. The van der Waals surface area contributed by atoms with E-state index >= 15 is 0 Å². The molecule has 1 unspecified atom stereocenters. The number of pyridine rings is 1. The van der Waals surface area contributed by atoms with Crippen molar-refractivity contribution in [2.24, 2.45) is 5.41 Å². The number of rotatable bonds is 2. The number of nitrogens with zero attached hydrogens (tertiary/aromatic N) is 2. The van der Waals surface area contributed by atoms with Crippen LogP contribution in [0.15, 0.2) is 85.1 Å². The highest BCUT2D eigenvalue weighted by atomic mass is 35.5. The van der Waals surface area contributed by atoms with E-state index in [1.54, 1.807) is 42.6 Å². The molecular formula is C31H21ClN2O3. The van der Waals surface area contributed by atoms with Gasteiger partial charge < -0.3 is 4.90 Å². The van der Waals surface area contributed by atoms with Crippen LogP contribution < -0.4 is 4.90 Å². The van der Waals surface area contributed by atoms with Gasteiger partial charge in [-0.2, -0.15) is 0 Å². The first-order valence-corrected chi connectivity index (χ1v) is 12.6. The van der Waals surface area contributed by atoms with Gasteiger partial charge in [0.1, 0.15) is 5.41 Å². The van der Waals surface area contributed by atoms with Crippen LogP contribution in [0.4, 0.5) is 5.69 Å². The van der Waals surface area contributed by atoms with Crippen LogP contribution in [-0.4, -0.2) is 34.4 Å². The van der Waals surface area contributed by atoms with E-state index in [-0.39, 0.29) is 17.3 Å². The number of Topliss-reactive ketones (excluding diaryl/α,β-unsaturated/α-hetero) is 3. The Morgan fingerprint density at radius 3 is 2.30 bits per heavy atom. The number of carbonyl (C=O) groups excluding carboxylic acids is 3. The predicted molar refractivity (Wildman–Crippen MR) is 143 cm³/mol. The normalized spacial score (nSPS) is 22.9. The van der Waals surface area contributed by atoms with Gasteiger partial charge in [0.05, 0.1) is 23.3 Å². The molecule has 1 fully saturated rings. The van der Waals surface area contributed by atoms with E-state index in [0.717, 1.165) is 27.7 Å². The molecule has 3 aliphatic rings. The van der Waals surface area contributed by atoms with Crippen LogP contribution in [0.25, 0.3) is 17.0 Å². The Morgan fingerprint density at radius 2 is 1.62 bits per heavy atom. The Bertz CT molecular complexity index is 1660. The number of carbonyl (C=O) groups is 3. The third kappa shape index (κ3) is 2.75. The molecule has 3 aromatic carbocycles. The highest BCUT2D eigenvalue weighted by Crippen LogP contribution is 2.61. The van der Waals surface area contributed by atoms with Crippen LogP contribution in [0.2, 0.25) is 5.02 Å². The summed E-state index contributed by atoms with van der Waals surface area (Å²) in [6.45, 7) is 1.54. The van der Waals surface area contributed by atoms with Crippen molar-refractivity contribution >= 4 is 51.6 Å². The van der Waals surface area contributed by atoms with E-state index in [4.69, 9.17) is 11.6 Å². The molecule has 0 saturated carbocycles. The van der Waals surface area contributed by atoms with Gasteiger partial charge in [-0.3, -0.25) is 19.4 Å². The first kappa shape index (κ1) is 22.1. The standard InChI is InChI=1S/C31H21ClN2O3/c1-17(35)27-25(18-10-13-21(32)14-11-18)31(29(36)22-6-2-3-7-23(22)30(31)37)24-15-12-20-9-8-19-5-4-16-33-26(19)28(20)34(24)27/h2-16,24-25,27H,1H3/t24?,25-,27-/m0/s1. The molecule has 180 valence electrons. The molecular weight excluding hydrogens is 484 g/mol. The largest absolute Gasteiger partial charge is 0.351 e. The molecule has 2 aliphatic heterocycles. The average Bonchev–Trinajstić information content (AvgIpc) is 3.35. The molecule has 6 heteroatoms. The minimum atomic E-state index is -1.50. The van der Waals surface area contributed by atoms with Crippen molar-refractivity contribution in [2.45, 2.75) is 24.9 Å². The summed E-state index contributed by atoms with van der Waals surface area (Å²) in [4.78, 5) is 49.2. The maximum absolute atomic E-state index is 14.4. The highest BCUT2D eigenvalue weighted by molar-refractivity contribution is 6.32. The quantitative estimate of drug-likeness (QED) is 0.317. The van der Waals surface area contributed by atoms with Crippen molar-refractivity contribution in [1.29, 1.82) is 0 Å². The first-order valence-electron chi connectivity index (χ1n) is 12.2. The van der Waals surface area contributed by atoms with Gasteiger partial charge >= 0.3 is 0 Å². The molecule has 1 aliphatic carbocycles. The third-order valence-electron chi connectivity index (χ3n) is 8.18. The van der Waals surface area contributed by atoms with Crippen LogP contribution in [0.5, 0.6) is 0 Å². The lowest BCUT2D eigenvalue weighted by atomic mass is 9.64. The number of halogens is 1. The molecule has 3 heterocycles. The zero-order chi connectivity index (χ0) is 25.5. The maximum atomic E-state index is 14.4. The lowest BCUT2D eigenvalue weighted by Crippen LogP contribution is -2.48. The SMILES string of the molecule is CC(=O)[C@H]1[C@H](c2ccc(Cl)cc2)C2(C(=O)c3ccccc3C2=O)C2C=Cc3ccc4cccnc4c3N21. The monoisotopic (exact) mass is 504 g/mol. The van der Waals surface area contributed by atoms with Gasteiger partial charge in [0.25, 0.3) is 0 Å². The molecule has 5 nitrogen and oxygen atoms in total. The molecule has 1 aromatic heterocycles. The molecule has 3 atom stereocenters. The summed E-state index contributed by atoms with van der Waals surface area (Å²) < 4.78 is 0. The summed E-state index contributed by atoms with van der Waals surface area (Å²) >= 11 is 6.22. The summed E-state index contributed by atoms with van der Waals surface area (Å²) in [6.07, 6.45) is 5.60. The van der Waals surface area contributed by atoms with Gasteiger partial charge in [0.15, 0.2) is 17.3 Å². The summed E-state index contributed by atoms with van der Waals surface area (Å²) in [5.41, 5.74) is 2.46. The number of ketones is 3. The molecule has 1 spiro atoms. The van der Waals surface area contributed by atoms with Gasteiger partial charge in [-0.15, -0.1) is 0 Å². The number of aromatic nitrogens is 1. The fraction of sp³-hybridized carbons (Fsp3) is 0.161. The van der Waals surface area contributed by atoms with Crippen molar-refractivity contribution in [1.82, 2.24) is 4.98 Å². The molecule has 0 bridgehead atoms. The van der Waals surface area contributed by atoms with Crippen LogP contribution in [0.1, 0.15) is 44.7 Å². The van der Waals surface area contributed by atoms with Gasteiger partial charge in [-0.25, -0.2) is 0 Å². The lowest BCUT2D eigenvalue weighted by Gasteiger charge is -2.37. The molecule has 1 saturated heterocycles. The molecule has 37 heavy (non-hydrogen) atoms. The van der Waals surface area contributed by atoms with Crippen molar-refractivity contribution < 1.29 is 14.4 Å². The second kappa shape index (κ2) is 7.70. The Morgan fingerprint density at radius 1 is 0.919 bits per heavy atom. The highest BCUT2D eigenvalue weighted by Gasteiger charge is 2.71. The molecule has 0 radical (unpaired) electrons. The number of hydrogen-bond acceptors (Lipinski definition) is 5. The predicted octanol–water partition coefficient (Wildman–Crippen LogP) is 5.91. The van der Waals surface area contributed by atoms with E-state index < -0.39 is 23.4 Å². The second-order valence-electron chi connectivity index (χ2n) is 9.95. The van der Waals surface area contributed by atoms with Gasteiger partial charge in [0, 0.05) is 33.7 Å². The zero-order valence-electron chi connectivity index (χ0n) is 19.9. The maximum Gasteiger partial charge on any atom is 0.180 e. The average molecular weight is 505 g/mol. The van der Waals surface area contributed by atoms with Gasteiger partial charge in [-0.1, -0.05) is 78.4 Å². The van der Waals surface area contributed by atoms with E-state index in [9.17, 15) is 14.4 Å². The Labute approximate surface area is 218 Å². The summed E-state index contributed by atoms with van der Waals surface area (Å²) in [6, 6.07) is 20.6.